The third kappa shape index (κ3) is 2.49. The molecule has 20 heavy (non-hydrogen) atoms. The average Bonchev–Trinajstić information content (AvgIpc) is 2.91. The van der Waals surface area contributed by atoms with Crippen LogP contribution in [0.5, 0.6) is 0 Å². The highest BCUT2D eigenvalue weighted by atomic mass is 32.2. The molecule has 0 aliphatic carbocycles. The number of fused-ring (bicyclic) bond motifs is 1. The number of thioether (sulfide) groups is 1. The van der Waals surface area contributed by atoms with Crippen LogP contribution in [0.25, 0.3) is 11.0 Å². The number of benzene rings is 2. The van der Waals surface area contributed by atoms with E-state index in [-0.39, 0.29) is 5.78 Å². The Hall–Kier alpha value is -2.00. The lowest BCUT2D eigenvalue weighted by Gasteiger charge is -2.00. The van der Waals surface area contributed by atoms with Crippen LogP contribution in [0, 0.1) is 0 Å². The number of furan rings is 1. The monoisotopic (exact) mass is 282 g/mol. The van der Waals surface area contributed by atoms with Crippen molar-refractivity contribution in [1.82, 2.24) is 0 Å². The summed E-state index contributed by atoms with van der Waals surface area (Å²) >= 11 is 1.76. The Balaban J connectivity index is 1.91. The molecule has 3 heteroatoms. The smallest absolute Gasteiger partial charge is 0.228 e. The minimum Gasteiger partial charge on any atom is -0.453 e. The first kappa shape index (κ1) is 13.0. The van der Waals surface area contributed by atoms with Gasteiger partial charge in [-0.05, 0) is 42.2 Å². The van der Waals surface area contributed by atoms with Crippen molar-refractivity contribution < 1.29 is 9.21 Å². The molecule has 1 aromatic heterocycles. The molecule has 0 amide bonds. The van der Waals surface area contributed by atoms with Crippen LogP contribution in [0.4, 0.5) is 0 Å². The molecule has 3 aromatic rings. The minimum atomic E-state index is -0.0748. The van der Waals surface area contributed by atoms with E-state index < -0.39 is 0 Å². The van der Waals surface area contributed by atoms with Crippen molar-refractivity contribution in [3.8, 4) is 0 Å². The zero-order valence-electron chi connectivity index (χ0n) is 11.1. The van der Waals surface area contributed by atoms with Gasteiger partial charge in [0.05, 0.1) is 0 Å². The van der Waals surface area contributed by atoms with E-state index in [2.05, 4.69) is 6.92 Å². The molecule has 0 spiro atoms. The Morgan fingerprint density at radius 2 is 1.85 bits per heavy atom. The summed E-state index contributed by atoms with van der Waals surface area (Å²) in [4.78, 5) is 13.6. The zero-order valence-corrected chi connectivity index (χ0v) is 11.9. The predicted octanol–water partition coefficient (Wildman–Crippen LogP) is 4.78. The van der Waals surface area contributed by atoms with Crippen LogP contribution in [0.15, 0.2) is 63.9 Å². The van der Waals surface area contributed by atoms with Gasteiger partial charge >= 0.3 is 0 Å². The Morgan fingerprint density at radius 1 is 1.10 bits per heavy atom. The van der Waals surface area contributed by atoms with Crippen LogP contribution >= 0.6 is 11.8 Å². The van der Waals surface area contributed by atoms with E-state index in [9.17, 15) is 4.79 Å². The summed E-state index contributed by atoms with van der Waals surface area (Å²) < 4.78 is 5.61. The minimum absolute atomic E-state index is 0.0748. The maximum absolute atomic E-state index is 12.4. The first-order chi connectivity index (χ1) is 9.78. The summed E-state index contributed by atoms with van der Waals surface area (Å²) in [6.07, 6.45) is 0. The first-order valence-electron chi connectivity index (χ1n) is 6.54. The number of ketones is 1. The van der Waals surface area contributed by atoms with Crippen molar-refractivity contribution in [3.05, 3.63) is 65.9 Å². The van der Waals surface area contributed by atoms with E-state index in [0.29, 0.717) is 11.3 Å². The highest BCUT2D eigenvalue weighted by Gasteiger charge is 2.14. The largest absolute Gasteiger partial charge is 0.453 e. The molecule has 0 saturated heterocycles. The van der Waals surface area contributed by atoms with E-state index in [1.54, 1.807) is 17.8 Å². The first-order valence-corrected chi connectivity index (χ1v) is 7.52. The van der Waals surface area contributed by atoms with Crippen LogP contribution < -0.4 is 0 Å². The average molecular weight is 282 g/mol. The van der Waals surface area contributed by atoms with Gasteiger partial charge in [-0.3, -0.25) is 4.79 Å². The molecular formula is C17H14O2S. The Kier molecular flexibility index (Phi) is 3.61. The van der Waals surface area contributed by atoms with Crippen molar-refractivity contribution in [2.75, 3.05) is 5.75 Å². The van der Waals surface area contributed by atoms with Crippen molar-refractivity contribution in [3.63, 3.8) is 0 Å². The van der Waals surface area contributed by atoms with Crippen LogP contribution in [0.1, 0.15) is 23.0 Å². The third-order valence-electron chi connectivity index (χ3n) is 3.08. The van der Waals surface area contributed by atoms with Crippen LogP contribution in [-0.4, -0.2) is 11.5 Å². The lowest BCUT2D eigenvalue weighted by atomic mass is 10.1. The molecule has 0 fully saturated rings. The fourth-order valence-electron chi connectivity index (χ4n) is 2.11. The molecule has 1 heterocycles. The lowest BCUT2D eigenvalue weighted by molar-refractivity contribution is 0.101. The summed E-state index contributed by atoms with van der Waals surface area (Å²) in [6.45, 7) is 2.11. The molecule has 2 aromatic carbocycles. The van der Waals surface area contributed by atoms with E-state index in [0.717, 1.165) is 16.7 Å². The molecule has 0 aliphatic heterocycles. The van der Waals surface area contributed by atoms with Gasteiger partial charge in [0.15, 0.2) is 5.76 Å². The van der Waals surface area contributed by atoms with Gasteiger partial charge in [0.1, 0.15) is 5.58 Å². The summed E-state index contributed by atoms with van der Waals surface area (Å²) in [5, 5.41) is 0.953. The van der Waals surface area contributed by atoms with E-state index in [4.69, 9.17) is 4.42 Å². The molecule has 0 unspecified atom stereocenters. The fraction of sp³-hybridized carbons (Fsp3) is 0.118. The Morgan fingerprint density at radius 3 is 2.55 bits per heavy atom. The normalized spacial score (nSPS) is 10.8. The van der Waals surface area contributed by atoms with E-state index >= 15 is 0 Å². The molecule has 0 atom stereocenters. The summed E-state index contributed by atoms with van der Waals surface area (Å²) in [6, 6.07) is 17.1. The lowest BCUT2D eigenvalue weighted by Crippen LogP contribution is -1.98. The number of para-hydroxylation sites is 1. The molecule has 2 nitrogen and oxygen atoms in total. The van der Waals surface area contributed by atoms with Gasteiger partial charge in [-0.25, -0.2) is 0 Å². The van der Waals surface area contributed by atoms with Gasteiger partial charge in [-0.1, -0.05) is 25.1 Å². The van der Waals surface area contributed by atoms with Gasteiger partial charge in [-0.15, -0.1) is 11.8 Å². The zero-order chi connectivity index (χ0) is 13.9. The molecule has 0 radical (unpaired) electrons. The maximum Gasteiger partial charge on any atom is 0.228 e. The van der Waals surface area contributed by atoms with Crippen molar-refractivity contribution in [2.45, 2.75) is 11.8 Å². The number of rotatable bonds is 4. The second-order valence-corrected chi connectivity index (χ2v) is 5.77. The highest BCUT2D eigenvalue weighted by molar-refractivity contribution is 7.99. The standard InChI is InChI=1S/C17H14O2S/c1-2-20-14-9-7-12(8-10-14)17(18)16-11-13-5-3-4-6-15(13)19-16/h3-11H,2H2,1H3. The number of hydrogen-bond acceptors (Lipinski definition) is 3. The van der Waals surface area contributed by atoms with Gasteiger partial charge in [0.2, 0.25) is 5.78 Å². The third-order valence-corrected chi connectivity index (χ3v) is 3.97. The number of carbonyl (C=O) groups is 1. The summed E-state index contributed by atoms with van der Waals surface area (Å²) in [7, 11) is 0. The maximum atomic E-state index is 12.4. The Bertz CT molecular complexity index is 708. The van der Waals surface area contributed by atoms with Crippen molar-refractivity contribution in [1.29, 1.82) is 0 Å². The fourth-order valence-corrected chi connectivity index (χ4v) is 2.77. The molecule has 100 valence electrons. The number of hydrogen-bond donors (Lipinski definition) is 0. The molecular weight excluding hydrogens is 268 g/mol. The van der Waals surface area contributed by atoms with E-state index in [1.807, 2.05) is 48.5 Å². The van der Waals surface area contributed by atoms with Crippen LogP contribution in [0.3, 0.4) is 0 Å². The molecule has 0 bridgehead atoms. The molecule has 3 rings (SSSR count). The Labute approximate surface area is 121 Å². The van der Waals surface area contributed by atoms with E-state index in [1.165, 1.54) is 4.90 Å². The van der Waals surface area contributed by atoms with Crippen molar-refractivity contribution >= 4 is 28.5 Å². The quantitative estimate of drug-likeness (QED) is 0.510. The molecule has 0 N–H and O–H groups in total. The van der Waals surface area contributed by atoms with Crippen LogP contribution in [0.2, 0.25) is 0 Å². The second-order valence-electron chi connectivity index (χ2n) is 4.43. The molecule has 0 aliphatic rings. The van der Waals surface area contributed by atoms with Gasteiger partial charge in [-0.2, -0.15) is 0 Å². The summed E-state index contributed by atoms with van der Waals surface area (Å²) in [5.41, 5.74) is 1.40. The van der Waals surface area contributed by atoms with Gasteiger partial charge in [0, 0.05) is 15.8 Å². The highest BCUT2D eigenvalue weighted by Crippen LogP contribution is 2.23. The molecule has 0 saturated carbocycles. The topological polar surface area (TPSA) is 30.2 Å². The van der Waals surface area contributed by atoms with Crippen LogP contribution in [-0.2, 0) is 0 Å². The van der Waals surface area contributed by atoms with Crippen molar-refractivity contribution in [2.24, 2.45) is 0 Å². The van der Waals surface area contributed by atoms with Gasteiger partial charge in [0.25, 0.3) is 0 Å². The van der Waals surface area contributed by atoms with Gasteiger partial charge < -0.3 is 4.42 Å². The second kappa shape index (κ2) is 5.55. The number of carbonyl (C=O) groups excluding carboxylic acids is 1. The summed E-state index contributed by atoms with van der Waals surface area (Å²) in [5.74, 6) is 1.34. The SMILES string of the molecule is CCSc1ccc(C(=O)c2cc3ccccc3o2)cc1. The predicted molar refractivity (Wildman–Crippen MR) is 82.5 cm³/mol.